The predicted molar refractivity (Wildman–Crippen MR) is 121 cm³/mol. The molecule has 1 N–H and O–H groups in total. The number of pyridine rings is 1. The first-order valence-corrected chi connectivity index (χ1v) is 12.3. The number of likely N-dealkylation sites (tertiary alicyclic amines) is 1. The highest BCUT2D eigenvalue weighted by molar-refractivity contribution is 7.92. The Hall–Kier alpha value is -3.53. The summed E-state index contributed by atoms with van der Waals surface area (Å²) >= 11 is 0. The number of aromatic nitrogens is 1. The van der Waals surface area contributed by atoms with Crippen LogP contribution in [0, 0.1) is 17.6 Å². The maximum absolute atomic E-state index is 13.5. The van der Waals surface area contributed by atoms with E-state index < -0.39 is 27.2 Å². The van der Waals surface area contributed by atoms with Gasteiger partial charge in [0.05, 0.1) is 4.90 Å². The van der Waals surface area contributed by atoms with Crippen molar-refractivity contribution in [3.8, 4) is 0 Å². The molecule has 3 aromatic rings. The van der Waals surface area contributed by atoms with Crippen molar-refractivity contribution >= 4 is 21.6 Å². The Morgan fingerprint density at radius 2 is 1.71 bits per heavy atom. The lowest BCUT2D eigenvalue weighted by Crippen LogP contribution is -2.49. The van der Waals surface area contributed by atoms with Crippen LogP contribution in [0.2, 0.25) is 0 Å². The van der Waals surface area contributed by atoms with E-state index >= 15 is 0 Å². The van der Waals surface area contributed by atoms with Crippen LogP contribution in [0.25, 0.3) is 0 Å². The zero-order valence-electron chi connectivity index (χ0n) is 17.9. The van der Waals surface area contributed by atoms with Crippen LogP contribution in [-0.2, 0) is 16.6 Å². The Kier molecular flexibility index (Phi) is 5.47. The summed E-state index contributed by atoms with van der Waals surface area (Å²) < 4.78 is 55.8. The monoisotopic (exact) mass is 485 g/mol. The number of halogens is 2. The van der Waals surface area contributed by atoms with E-state index in [1.54, 1.807) is 15.5 Å². The Labute approximate surface area is 194 Å². The van der Waals surface area contributed by atoms with Crippen molar-refractivity contribution in [2.45, 2.75) is 23.8 Å². The van der Waals surface area contributed by atoms with Gasteiger partial charge in [-0.05, 0) is 66.9 Å². The third-order valence-corrected chi connectivity index (χ3v) is 7.70. The summed E-state index contributed by atoms with van der Waals surface area (Å²) in [5, 5.41) is 0. The second-order valence-electron chi connectivity index (χ2n) is 8.67. The quantitative estimate of drug-likeness (QED) is 0.615. The number of hydrogen-bond acceptors (Lipinski definition) is 4. The molecular formula is C24H21F2N3O4S. The number of carbonyl (C=O) groups is 1. The topological polar surface area (TPSA) is 88.5 Å². The molecule has 3 heterocycles. The molecule has 2 aromatic carbocycles. The van der Waals surface area contributed by atoms with Gasteiger partial charge >= 0.3 is 0 Å². The van der Waals surface area contributed by atoms with Gasteiger partial charge < -0.3 is 9.47 Å². The molecule has 1 aromatic heterocycles. The molecule has 2 aliphatic rings. The summed E-state index contributed by atoms with van der Waals surface area (Å²) in [5.41, 5.74) is 0.533. The van der Waals surface area contributed by atoms with Crippen LogP contribution in [0.1, 0.15) is 28.4 Å². The van der Waals surface area contributed by atoms with Gasteiger partial charge in [-0.2, -0.15) is 0 Å². The molecule has 34 heavy (non-hydrogen) atoms. The zero-order chi connectivity index (χ0) is 24.0. The van der Waals surface area contributed by atoms with Gasteiger partial charge in [0.25, 0.3) is 21.5 Å². The number of hydrogen-bond donors (Lipinski definition) is 1. The summed E-state index contributed by atoms with van der Waals surface area (Å²) in [5.74, 6) is -1.37. The number of anilines is 1. The number of fused-ring (bicyclic) bond motifs is 4. The molecule has 0 spiro atoms. The molecule has 0 aliphatic carbocycles. The minimum Gasteiger partial charge on any atom is -0.338 e. The van der Waals surface area contributed by atoms with Gasteiger partial charge in [-0.3, -0.25) is 14.3 Å². The summed E-state index contributed by atoms with van der Waals surface area (Å²) in [6, 6.07) is 13.1. The number of sulfonamides is 1. The molecule has 2 aliphatic heterocycles. The number of carbonyl (C=O) groups excluding carboxylic acids is 1. The van der Waals surface area contributed by atoms with Crippen molar-refractivity contribution in [2.24, 2.45) is 5.92 Å². The normalized spacial score (nSPS) is 19.4. The Morgan fingerprint density at radius 3 is 2.44 bits per heavy atom. The fourth-order valence-corrected chi connectivity index (χ4v) is 5.89. The van der Waals surface area contributed by atoms with E-state index in [-0.39, 0.29) is 28.3 Å². The fourth-order valence-electron chi connectivity index (χ4n) is 4.80. The number of benzene rings is 2. The maximum Gasteiger partial charge on any atom is 0.275 e. The van der Waals surface area contributed by atoms with Crippen LogP contribution in [-0.4, -0.2) is 36.9 Å². The highest BCUT2D eigenvalue weighted by Gasteiger charge is 2.37. The second kappa shape index (κ2) is 8.35. The molecule has 2 atom stereocenters. The first-order chi connectivity index (χ1) is 16.2. The standard InChI is InChI=1S/C24H21F2N3O4S/c25-18-6-4-16(5-7-18)23(30)28-12-15-10-17(14-28)22-9-8-21(24(31)29(22)13-15)27-34(32,33)20-3-1-2-19(26)11-20/h1-9,11,15,17,27H,10,12-14H2/t15-,17+/m0/s1. The van der Waals surface area contributed by atoms with E-state index in [4.69, 9.17) is 0 Å². The molecule has 5 rings (SSSR count). The fraction of sp³-hybridized carbons (Fsp3) is 0.250. The maximum atomic E-state index is 13.5. The smallest absolute Gasteiger partial charge is 0.275 e. The van der Waals surface area contributed by atoms with Gasteiger partial charge in [0.1, 0.15) is 17.3 Å². The van der Waals surface area contributed by atoms with Gasteiger partial charge in [-0.25, -0.2) is 17.2 Å². The van der Waals surface area contributed by atoms with Gasteiger partial charge in [0.2, 0.25) is 0 Å². The molecule has 1 saturated heterocycles. The third kappa shape index (κ3) is 4.09. The van der Waals surface area contributed by atoms with E-state index in [2.05, 4.69) is 4.72 Å². The summed E-state index contributed by atoms with van der Waals surface area (Å²) in [4.78, 5) is 27.5. The van der Waals surface area contributed by atoms with Crippen molar-refractivity contribution < 1.29 is 22.0 Å². The number of amides is 1. The van der Waals surface area contributed by atoms with E-state index in [9.17, 15) is 26.8 Å². The number of piperidine rings is 1. The van der Waals surface area contributed by atoms with E-state index in [1.165, 1.54) is 42.5 Å². The van der Waals surface area contributed by atoms with E-state index in [1.807, 2.05) is 0 Å². The Balaban J connectivity index is 1.40. The minimum atomic E-state index is -4.14. The van der Waals surface area contributed by atoms with E-state index in [0.717, 1.165) is 24.2 Å². The van der Waals surface area contributed by atoms with Gasteiger partial charge in [0.15, 0.2) is 0 Å². The number of nitrogens with zero attached hydrogens (tertiary/aromatic N) is 2. The Bertz CT molecular complexity index is 1440. The van der Waals surface area contributed by atoms with Gasteiger partial charge in [0, 0.05) is 36.8 Å². The average molecular weight is 486 g/mol. The lowest BCUT2D eigenvalue weighted by molar-refractivity contribution is 0.0594. The largest absolute Gasteiger partial charge is 0.338 e. The van der Waals surface area contributed by atoms with Crippen molar-refractivity contribution in [3.05, 3.63) is 93.9 Å². The predicted octanol–water partition coefficient (Wildman–Crippen LogP) is 3.19. The molecule has 2 bridgehead atoms. The van der Waals surface area contributed by atoms with Crippen molar-refractivity contribution in [1.29, 1.82) is 0 Å². The molecule has 1 fully saturated rings. The van der Waals surface area contributed by atoms with Crippen molar-refractivity contribution in [1.82, 2.24) is 9.47 Å². The highest BCUT2D eigenvalue weighted by Crippen LogP contribution is 2.36. The van der Waals surface area contributed by atoms with E-state index in [0.29, 0.717) is 25.2 Å². The first kappa shape index (κ1) is 22.3. The zero-order valence-corrected chi connectivity index (χ0v) is 18.8. The van der Waals surface area contributed by atoms with Crippen molar-refractivity contribution in [2.75, 3.05) is 17.8 Å². The molecule has 10 heteroatoms. The molecule has 176 valence electrons. The molecule has 7 nitrogen and oxygen atoms in total. The summed E-state index contributed by atoms with van der Waals surface area (Å²) in [6.07, 6.45) is 0.807. The molecular weight excluding hydrogens is 464 g/mol. The van der Waals surface area contributed by atoms with Crippen LogP contribution < -0.4 is 10.3 Å². The third-order valence-electron chi connectivity index (χ3n) is 6.33. The average Bonchev–Trinajstić information content (AvgIpc) is 2.81. The molecule has 0 saturated carbocycles. The number of rotatable bonds is 4. The van der Waals surface area contributed by atoms with Crippen molar-refractivity contribution in [3.63, 3.8) is 0 Å². The summed E-state index contributed by atoms with van der Waals surface area (Å²) in [6.45, 7) is 1.19. The first-order valence-electron chi connectivity index (χ1n) is 10.8. The lowest BCUT2D eigenvalue weighted by atomic mass is 9.83. The van der Waals surface area contributed by atoms with Crippen LogP contribution >= 0.6 is 0 Å². The minimum absolute atomic E-state index is 0.0171. The van der Waals surface area contributed by atoms with Gasteiger partial charge in [-0.1, -0.05) is 6.07 Å². The molecule has 1 amide bonds. The lowest BCUT2D eigenvalue weighted by Gasteiger charge is -2.43. The van der Waals surface area contributed by atoms with Crippen LogP contribution in [0.15, 0.2) is 70.4 Å². The summed E-state index contributed by atoms with van der Waals surface area (Å²) in [7, 11) is -4.14. The van der Waals surface area contributed by atoms with Crippen LogP contribution in [0.3, 0.4) is 0 Å². The van der Waals surface area contributed by atoms with Crippen LogP contribution in [0.4, 0.5) is 14.5 Å². The van der Waals surface area contributed by atoms with Gasteiger partial charge in [-0.15, -0.1) is 0 Å². The Morgan fingerprint density at radius 1 is 0.941 bits per heavy atom. The highest BCUT2D eigenvalue weighted by atomic mass is 32.2. The molecule has 0 radical (unpaired) electrons. The van der Waals surface area contributed by atoms with Crippen LogP contribution in [0.5, 0.6) is 0 Å². The number of nitrogens with one attached hydrogen (secondary N) is 1. The molecule has 0 unspecified atom stereocenters. The second-order valence-corrected chi connectivity index (χ2v) is 10.3. The SMILES string of the molecule is O=C(c1ccc(F)cc1)N1C[C@@H]2C[C@H](C1)c1ccc(NS(=O)(=O)c3cccc(F)c3)c(=O)n1C2.